The molecule has 112 valence electrons. The molecule has 1 fully saturated rings. The highest BCUT2D eigenvalue weighted by Crippen LogP contribution is 2.32. The highest BCUT2D eigenvalue weighted by atomic mass is 35.5. The van der Waals surface area contributed by atoms with Crippen LogP contribution in [0.3, 0.4) is 0 Å². The Balaban J connectivity index is 1.92. The van der Waals surface area contributed by atoms with Crippen LogP contribution in [-0.2, 0) is 11.3 Å². The van der Waals surface area contributed by atoms with E-state index in [1.54, 1.807) is 6.20 Å². The van der Waals surface area contributed by atoms with Crippen LogP contribution in [0.1, 0.15) is 19.4 Å². The first kappa shape index (κ1) is 14.6. The molecule has 2 unspecified atom stereocenters. The summed E-state index contributed by atoms with van der Waals surface area (Å²) in [6.45, 7) is 6.77. The summed E-state index contributed by atoms with van der Waals surface area (Å²) in [5.41, 5.74) is 1.43. The number of nitrogens with zero attached hydrogens (tertiary/aromatic N) is 1. The van der Waals surface area contributed by atoms with Gasteiger partial charge in [-0.3, -0.25) is 4.98 Å². The molecule has 21 heavy (non-hydrogen) atoms. The summed E-state index contributed by atoms with van der Waals surface area (Å²) in [7, 11) is 0. The Labute approximate surface area is 129 Å². The zero-order chi connectivity index (χ0) is 15.0. The molecule has 1 aromatic carbocycles. The van der Waals surface area contributed by atoms with Gasteiger partial charge in [0.1, 0.15) is 37.4 Å². The van der Waals surface area contributed by atoms with E-state index in [9.17, 15) is 5.11 Å². The molecule has 1 saturated heterocycles. The third kappa shape index (κ3) is 2.98. The number of aromatic nitrogens is 1. The Bertz CT molecular complexity index is 652. The molecule has 1 aliphatic heterocycles. The highest BCUT2D eigenvalue weighted by molar-refractivity contribution is 6.35. The molecule has 1 aliphatic rings. The zero-order valence-corrected chi connectivity index (χ0v) is 13.0. The molecule has 0 aliphatic carbocycles. The summed E-state index contributed by atoms with van der Waals surface area (Å²) < 4.78 is 5.76. The molecule has 0 amide bonds. The first-order chi connectivity index (χ1) is 10.0. The number of rotatable bonds is 2. The number of morpholine rings is 1. The Kier molecular flexibility index (Phi) is 4.02. The average molecular weight is 308 g/mol. The zero-order valence-electron chi connectivity index (χ0n) is 12.3. The van der Waals surface area contributed by atoms with Crippen molar-refractivity contribution in [2.24, 2.45) is 0 Å². The van der Waals surface area contributed by atoms with Crippen LogP contribution < -0.4 is 4.90 Å². The minimum Gasteiger partial charge on any atom is -0.505 e. The van der Waals surface area contributed by atoms with Crippen LogP contribution in [0, 0.1) is 0 Å². The topological polar surface area (TPSA) is 46.8 Å². The van der Waals surface area contributed by atoms with Crippen LogP contribution in [0.4, 0.5) is 0 Å². The quantitative estimate of drug-likeness (QED) is 0.889. The number of phenols is 1. The number of ether oxygens (including phenoxy) is 1. The molecule has 4 nitrogen and oxygen atoms in total. The van der Waals surface area contributed by atoms with Gasteiger partial charge in [-0.15, -0.1) is 0 Å². The second kappa shape index (κ2) is 5.79. The number of aromatic hydroxyl groups is 1. The van der Waals surface area contributed by atoms with Gasteiger partial charge in [-0.1, -0.05) is 11.6 Å². The van der Waals surface area contributed by atoms with E-state index in [2.05, 4.69) is 18.8 Å². The van der Waals surface area contributed by atoms with Gasteiger partial charge >= 0.3 is 0 Å². The summed E-state index contributed by atoms with van der Waals surface area (Å²) in [6.07, 6.45) is 2.15. The van der Waals surface area contributed by atoms with Crippen molar-refractivity contribution >= 4 is 22.5 Å². The van der Waals surface area contributed by atoms with Crippen LogP contribution in [0.15, 0.2) is 24.4 Å². The van der Waals surface area contributed by atoms with Crippen molar-refractivity contribution in [2.45, 2.75) is 32.6 Å². The van der Waals surface area contributed by atoms with Crippen LogP contribution in [0.25, 0.3) is 10.9 Å². The third-order valence-electron chi connectivity index (χ3n) is 3.95. The lowest BCUT2D eigenvalue weighted by atomic mass is 10.1. The Morgan fingerprint density at radius 1 is 1.38 bits per heavy atom. The fourth-order valence-electron chi connectivity index (χ4n) is 3.18. The number of benzene rings is 1. The summed E-state index contributed by atoms with van der Waals surface area (Å²) in [4.78, 5) is 5.65. The van der Waals surface area contributed by atoms with Gasteiger partial charge in [-0.25, -0.2) is 0 Å². The Hall–Kier alpha value is -1.36. The van der Waals surface area contributed by atoms with Gasteiger partial charge in [0.15, 0.2) is 5.75 Å². The minimum atomic E-state index is 0.236. The van der Waals surface area contributed by atoms with E-state index in [4.69, 9.17) is 16.3 Å². The van der Waals surface area contributed by atoms with Crippen molar-refractivity contribution in [3.8, 4) is 5.75 Å². The number of fused-ring (bicyclic) bond motifs is 1. The number of halogens is 1. The second-order valence-electron chi connectivity index (χ2n) is 5.86. The van der Waals surface area contributed by atoms with Crippen molar-refractivity contribution in [2.75, 3.05) is 13.1 Å². The number of quaternary nitrogens is 1. The van der Waals surface area contributed by atoms with Crippen molar-refractivity contribution in [1.29, 1.82) is 0 Å². The van der Waals surface area contributed by atoms with Crippen LogP contribution in [0.2, 0.25) is 5.02 Å². The van der Waals surface area contributed by atoms with E-state index in [1.165, 1.54) is 4.90 Å². The predicted octanol–water partition coefficient (Wildman–Crippen LogP) is 1.79. The number of hydrogen-bond acceptors (Lipinski definition) is 3. The standard InChI is InChI=1S/C16H19ClN2O2/c1-10-7-19(8-11(2)21-10)9-12-6-14(17)13-4-3-5-18-15(13)16(12)20/h3-6,10-11,20H,7-9H2,1-2H3/p+1. The van der Waals surface area contributed by atoms with Crippen molar-refractivity contribution < 1.29 is 14.7 Å². The summed E-state index contributed by atoms with van der Waals surface area (Å²) in [5.74, 6) is 0.245. The molecule has 5 heteroatoms. The SMILES string of the molecule is CC1C[NH+](Cc2cc(Cl)c3cccnc3c2O)CC(C)O1. The lowest BCUT2D eigenvalue weighted by molar-refractivity contribution is -0.928. The van der Waals surface area contributed by atoms with Crippen molar-refractivity contribution in [3.63, 3.8) is 0 Å². The van der Waals surface area contributed by atoms with Crippen LogP contribution in [-0.4, -0.2) is 35.4 Å². The van der Waals surface area contributed by atoms with Crippen LogP contribution >= 0.6 is 11.6 Å². The monoisotopic (exact) mass is 307 g/mol. The van der Waals surface area contributed by atoms with Crippen molar-refractivity contribution in [3.05, 3.63) is 35.0 Å². The average Bonchev–Trinajstić information content (AvgIpc) is 2.43. The highest BCUT2D eigenvalue weighted by Gasteiger charge is 2.26. The van der Waals surface area contributed by atoms with Gasteiger partial charge < -0.3 is 14.7 Å². The maximum absolute atomic E-state index is 10.5. The van der Waals surface area contributed by atoms with Crippen LogP contribution in [0.5, 0.6) is 5.75 Å². The summed E-state index contributed by atoms with van der Waals surface area (Å²) in [5, 5.41) is 11.9. The van der Waals surface area contributed by atoms with Crippen molar-refractivity contribution in [1.82, 2.24) is 4.98 Å². The number of pyridine rings is 1. The molecular weight excluding hydrogens is 288 g/mol. The Morgan fingerprint density at radius 3 is 2.81 bits per heavy atom. The molecule has 0 bridgehead atoms. The van der Waals surface area contributed by atoms with Gasteiger partial charge in [0.05, 0.1) is 10.6 Å². The summed E-state index contributed by atoms with van der Waals surface area (Å²) >= 11 is 6.32. The predicted molar refractivity (Wildman–Crippen MR) is 82.8 cm³/mol. The van der Waals surface area contributed by atoms with E-state index in [0.717, 1.165) is 30.6 Å². The van der Waals surface area contributed by atoms with Gasteiger partial charge in [0.2, 0.25) is 0 Å². The maximum atomic E-state index is 10.5. The molecule has 2 aromatic rings. The second-order valence-corrected chi connectivity index (χ2v) is 6.27. The molecule has 2 atom stereocenters. The molecule has 0 spiro atoms. The molecular formula is C16H20ClN2O2+. The minimum absolute atomic E-state index is 0.236. The third-order valence-corrected chi connectivity index (χ3v) is 4.26. The fraction of sp³-hybridized carbons (Fsp3) is 0.438. The first-order valence-corrected chi connectivity index (χ1v) is 7.66. The lowest BCUT2D eigenvalue weighted by Crippen LogP contribution is -3.14. The molecule has 3 rings (SSSR count). The number of nitrogens with one attached hydrogen (secondary N) is 1. The van der Waals surface area contributed by atoms with E-state index in [-0.39, 0.29) is 18.0 Å². The number of phenolic OH excluding ortho intramolecular Hbond substituents is 1. The van der Waals surface area contributed by atoms with E-state index >= 15 is 0 Å². The van der Waals surface area contributed by atoms with E-state index in [1.807, 2.05) is 18.2 Å². The number of hydrogen-bond donors (Lipinski definition) is 2. The molecule has 0 radical (unpaired) electrons. The molecule has 0 saturated carbocycles. The smallest absolute Gasteiger partial charge is 0.150 e. The normalized spacial score (nSPS) is 26.1. The maximum Gasteiger partial charge on any atom is 0.150 e. The first-order valence-electron chi connectivity index (χ1n) is 7.28. The Morgan fingerprint density at radius 2 is 2.10 bits per heavy atom. The molecule has 1 aromatic heterocycles. The molecule has 2 N–H and O–H groups in total. The lowest BCUT2D eigenvalue weighted by Gasteiger charge is -2.32. The van der Waals surface area contributed by atoms with E-state index in [0.29, 0.717) is 10.5 Å². The fourth-order valence-corrected chi connectivity index (χ4v) is 3.46. The van der Waals surface area contributed by atoms with Gasteiger partial charge in [-0.2, -0.15) is 0 Å². The van der Waals surface area contributed by atoms with Gasteiger partial charge in [-0.05, 0) is 32.0 Å². The van der Waals surface area contributed by atoms with Gasteiger partial charge in [0, 0.05) is 11.6 Å². The summed E-state index contributed by atoms with van der Waals surface area (Å²) in [6, 6.07) is 5.56. The largest absolute Gasteiger partial charge is 0.505 e. The van der Waals surface area contributed by atoms with E-state index < -0.39 is 0 Å². The molecule has 2 heterocycles. The van der Waals surface area contributed by atoms with Gasteiger partial charge in [0.25, 0.3) is 0 Å².